The van der Waals surface area contributed by atoms with Gasteiger partial charge in [-0.1, -0.05) is 12.1 Å². The molecule has 0 bridgehead atoms. The summed E-state index contributed by atoms with van der Waals surface area (Å²) in [4.78, 5) is 0. The zero-order valence-electron chi connectivity index (χ0n) is 8.50. The quantitative estimate of drug-likeness (QED) is 0.702. The minimum Gasteiger partial charge on any atom is -0.488 e. The Morgan fingerprint density at radius 1 is 1.43 bits per heavy atom. The highest BCUT2D eigenvalue weighted by molar-refractivity contribution is 6.17. The Hall–Kier alpha value is -0.730. The molecule has 0 aliphatic carbocycles. The number of methoxy groups -OCH3 is 1. The number of hydrogen-bond donors (Lipinski definition) is 0. The van der Waals surface area contributed by atoms with Gasteiger partial charge in [0.2, 0.25) is 0 Å². The second-order valence-corrected chi connectivity index (χ2v) is 3.43. The molecule has 1 rings (SSSR count). The van der Waals surface area contributed by atoms with Crippen LogP contribution >= 0.6 is 11.6 Å². The Morgan fingerprint density at radius 2 is 2.21 bits per heavy atom. The van der Waals surface area contributed by atoms with Crippen molar-refractivity contribution in [2.45, 2.75) is 18.9 Å². The molecule has 14 heavy (non-hydrogen) atoms. The van der Waals surface area contributed by atoms with Gasteiger partial charge in [0.15, 0.2) is 0 Å². The maximum absolute atomic E-state index is 5.72. The van der Waals surface area contributed by atoms with Crippen molar-refractivity contribution in [1.29, 1.82) is 0 Å². The van der Waals surface area contributed by atoms with Gasteiger partial charge in [0.05, 0.1) is 6.61 Å². The Balaban J connectivity index is 2.57. The van der Waals surface area contributed by atoms with Crippen LogP contribution in [0.15, 0.2) is 24.3 Å². The summed E-state index contributed by atoms with van der Waals surface area (Å²) in [6.07, 6.45) is 0.0607. The molecule has 0 unspecified atom stereocenters. The van der Waals surface area contributed by atoms with Crippen molar-refractivity contribution in [3.8, 4) is 5.75 Å². The SMILES string of the molecule is COC[C@@H](C)Oc1cccc(CCl)c1. The zero-order chi connectivity index (χ0) is 10.4. The third kappa shape index (κ3) is 3.56. The normalized spacial score (nSPS) is 12.5. The van der Waals surface area contributed by atoms with Crippen LogP contribution in [0.3, 0.4) is 0 Å². The van der Waals surface area contributed by atoms with Crippen LogP contribution in [0.5, 0.6) is 5.75 Å². The van der Waals surface area contributed by atoms with Gasteiger partial charge in [-0.3, -0.25) is 0 Å². The van der Waals surface area contributed by atoms with Crippen molar-refractivity contribution in [1.82, 2.24) is 0 Å². The molecule has 0 fully saturated rings. The molecule has 78 valence electrons. The van der Waals surface area contributed by atoms with Crippen LogP contribution in [-0.4, -0.2) is 19.8 Å². The van der Waals surface area contributed by atoms with E-state index in [1.54, 1.807) is 7.11 Å². The first kappa shape index (κ1) is 11.3. The summed E-state index contributed by atoms with van der Waals surface area (Å²) in [5.74, 6) is 1.35. The minimum absolute atomic E-state index is 0.0607. The summed E-state index contributed by atoms with van der Waals surface area (Å²) in [5.41, 5.74) is 1.06. The predicted octanol–water partition coefficient (Wildman–Crippen LogP) is 2.84. The van der Waals surface area contributed by atoms with E-state index in [1.807, 2.05) is 31.2 Å². The Morgan fingerprint density at radius 3 is 2.86 bits per heavy atom. The largest absolute Gasteiger partial charge is 0.488 e. The number of benzene rings is 1. The summed E-state index contributed by atoms with van der Waals surface area (Å²) >= 11 is 5.72. The highest BCUT2D eigenvalue weighted by Gasteiger charge is 2.03. The average Bonchev–Trinajstić information content (AvgIpc) is 2.18. The first-order valence-electron chi connectivity index (χ1n) is 4.56. The lowest BCUT2D eigenvalue weighted by Gasteiger charge is -2.13. The molecule has 1 aromatic carbocycles. The molecule has 0 heterocycles. The molecule has 0 N–H and O–H groups in total. The smallest absolute Gasteiger partial charge is 0.120 e. The molecule has 0 amide bonds. The van der Waals surface area contributed by atoms with Gasteiger partial charge < -0.3 is 9.47 Å². The van der Waals surface area contributed by atoms with Gasteiger partial charge in [-0.15, -0.1) is 11.6 Å². The average molecular weight is 215 g/mol. The molecule has 0 aliphatic rings. The van der Waals surface area contributed by atoms with E-state index in [0.717, 1.165) is 11.3 Å². The summed E-state index contributed by atoms with van der Waals surface area (Å²) in [6.45, 7) is 2.56. The molecule has 0 saturated carbocycles. The lowest BCUT2D eigenvalue weighted by Crippen LogP contribution is -2.17. The molecule has 1 atom stereocenters. The van der Waals surface area contributed by atoms with E-state index in [-0.39, 0.29) is 6.10 Å². The van der Waals surface area contributed by atoms with Gasteiger partial charge >= 0.3 is 0 Å². The molecule has 0 aliphatic heterocycles. The highest BCUT2D eigenvalue weighted by atomic mass is 35.5. The topological polar surface area (TPSA) is 18.5 Å². The van der Waals surface area contributed by atoms with Gasteiger partial charge in [-0.05, 0) is 24.6 Å². The van der Waals surface area contributed by atoms with Crippen molar-refractivity contribution in [3.05, 3.63) is 29.8 Å². The van der Waals surface area contributed by atoms with Crippen molar-refractivity contribution in [3.63, 3.8) is 0 Å². The fraction of sp³-hybridized carbons (Fsp3) is 0.455. The van der Waals surface area contributed by atoms with Crippen LogP contribution in [-0.2, 0) is 10.6 Å². The third-order valence-corrected chi connectivity index (χ3v) is 2.10. The second kappa shape index (κ2) is 5.89. The second-order valence-electron chi connectivity index (χ2n) is 3.16. The molecule has 3 heteroatoms. The van der Waals surface area contributed by atoms with Crippen molar-refractivity contribution >= 4 is 11.6 Å². The van der Waals surface area contributed by atoms with Crippen LogP contribution in [0.4, 0.5) is 0 Å². The van der Waals surface area contributed by atoms with E-state index in [1.165, 1.54) is 0 Å². The number of ether oxygens (including phenoxy) is 2. The van der Waals surface area contributed by atoms with Crippen molar-refractivity contribution in [2.24, 2.45) is 0 Å². The minimum atomic E-state index is 0.0607. The molecule has 0 aromatic heterocycles. The number of rotatable bonds is 5. The number of hydrogen-bond acceptors (Lipinski definition) is 2. The molecule has 0 spiro atoms. The molecule has 1 aromatic rings. The lowest BCUT2D eigenvalue weighted by atomic mass is 10.2. The van der Waals surface area contributed by atoms with Crippen LogP contribution < -0.4 is 4.74 Å². The monoisotopic (exact) mass is 214 g/mol. The molecular weight excluding hydrogens is 200 g/mol. The third-order valence-electron chi connectivity index (χ3n) is 1.79. The first-order chi connectivity index (χ1) is 6.76. The van der Waals surface area contributed by atoms with Crippen LogP contribution in [0.25, 0.3) is 0 Å². The molecule has 0 saturated heterocycles. The van der Waals surface area contributed by atoms with Gasteiger partial charge in [-0.25, -0.2) is 0 Å². The van der Waals surface area contributed by atoms with Gasteiger partial charge in [-0.2, -0.15) is 0 Å². The fourth-order valence-corrected chi connectivity index (χ4v) is 1.37. The maximum Gasteiger partial charge on any atom is 0.120 e. The molecule has 0 radical (unpaired) electrons. The lowest BCUT2D eigenvalue weighted by molar-refractivity contribution is 0.0920. The summed E-state index contributed by atoms with van der Waals surface area (Å²) in [7, 11) is 1.66. The first-order valence-corrected chi connectivity index (χ1v) is 5.10. The van der Waals surface area contributed by atoms with Crippen LogP contribution in [0.1, 0.15) is 12.5 Å². The van der Waals surface area contributed by atoms with E-state index >= 15 is 0 Å². The molecule has 2 nitrogen and oxygen atoms in total. The number of halogens is 1. The number of alkyl halides is 1. The van der Waals surface area contributed by atoms with E-state index < -0.39 is 0 Å². The Bertz CT molecular complexity index is 276. The Kier molecular flexibility index (Phi) is 4.77. The highest BCUT2D eigenvalue weighted by Crippen LogP contribution is 2.16. The van der Waals surface area contributed by atoms with Gasteiger partial charge in [0.1, 0.15) is 11.9 Å². The van der Waals surface area contributed by atoms with E-state index in [0.29, 0.717) is 12.5 Å². The van der Waals surface area contributed by atoms with E-state index in [2.05, 4.69) is 0 Å². The van der Waals surface area contributed by atoms with E-state index in [9.17, 15) is 0 Å². The summed E-state index contributed by atoms with van der Waals surface area (Å²) < 4.78 is 10.6. The summed E-state index contributed by atoms with van der Waals surface area (Å²) in [5, 5.41) is 0. The van der Waals surface area contributed by atoms with Crippen molar-refractivity contribution in [2.75, 3.05) is 13.7 Å². The molecular formula is C11H15ClO2. The summed E-state index contributed by atoms with van der Waals surface area (Å²) in [6, 6.07) is 7.77. The standard InChI is InChI=1S/C11H15ClO2/c1-9(8-13-2)14-11-5-3-4-10(6-11)7-12/h3-6,9H,7-8H2,1-2H3/t9-/m1/s1. The predicted molar refractivity (Wildman–Crippen MR) is 58.0 cm³/mol. The zero-order valence-corrected chi connectivity index (χ0v) is 9.25. The van der Waals surface area contributed by atoms with Gasteiger partial charge in [0.25, 0.3) is 0 Å². The van der Waals surface area contributed by atoms with Crippen molar-refractivity contribution < 1.29 is 9.47 Å². The van der Waals surface area contributed by atoms with E-state index in [4.69, 9.17) is 21.1 Å². The Labute approximate surface area is 89.8 Å². The van der Waals surface area contributed by atoms with Crippen LogP contribution in [0, 0.1) is 0 Å². The fourth-order valence-electron chi connectivity index (χ4n) is 1.20. The van der Waals surface area contributed by atoms with Gasteiger partial charge in [0, 0.05) is 13.0 Å². The maximum atomic E-state index is 5.72. The van der Waals surface area contributed by atoms with Crippen LogP contribution in [0.2, 0.25) is 0 Å².